The molecule has 0 N–H and O–H groups in total. The minimum atomic E-state index is -0.308. The summed E-state index contributed by atoms with van der Waals surface area (Å²) in [6.45, 7) is 7.11. The number of nitrogens with zero attached hydrogens (tertiary/aromatic N) is 3. The van der Waals surface area contributed by atoms with E-state index in [1.54, 1.807) is 0 Å². The standard InChI is InChI=1S/C55H47N3S/c1-34-28-30-37(31-29-34)48-33-47(36-16-6-5-7-17-36)57-54(58(48)4)39-19-14-18-38(32-39)41-24-15-26-46-51(41)55(3)45-25-12-13-27-49(45)59-53(55)52(56-46)50-35(2)40-20-8-9-21-42(40)43-22-10-11-23-44(43)50/h5-7,9-19,21-33,35,40,48,53H,8,20H2,1-4H3. The molecule has 59 heavy (non-hydrogen) atoms. The van der Waals surface area contributed by atoms with E-state index in [0.717, 1.165) is 34.8 Å². The molecule has 0 aromatic heterocycles. The Morgan fingerprint density at radius 2 is 1.46 bits per heavy atom. The molecule has 0 fully saturated rings. The summed E-state index contributed by atoms with van der Waals surface area (Å²) in [4.78, 5) is 14.9. The van der Waals surface area contributed by atoms with Crippen molar-refractivity contribution < 1.29 is 0 Å². The van der Waals surface area contributed by atoms with Crippen molar-refractivity contribution in [2.75, 3.05) is 7.05 Å². The van der Waals surface area contributed by atoms with Crippen molar-refractivity contribution in [3.05, 3.63) is 208 Å². The molecule has 3 nitrogen and oxygen atoms in total. The van der Waals surface area contributed by atoms with Crippen molar-refractivity contribution >= 4 is 45.8 Å². The van der Waals surface area contributed by atoms with Crippen LogP contribution in [0.2, 0.25) is 0 Å². The molecule has 3 aliphatic heterocycles. The molecule has 3 heterocycles. The first-order valence-electron chi connectivity index (χ1n) is 21.1. The van der Waals surface area contributed by atoms with Gasteiger partial charge in [0.1, 0.15) is 5.84 Å². The normalized spacial score (nSPS) is 23.9. The summed E-state index contributed by atoms with van der Waals surface area (Å²) >= 11 is 2.01. The highest BCUT2D eigenvalue weighted by Gasteiger charge is 2.53. The van der Waals surface area contributed by atoms with Gasteiger partial charge in [-0.1, -0.05) is 152 Å². The second-order valence-corrected chi connectivity index (χ2v) is 18.2. The third-order valence-electron chi connectivity index (χ3n) is 13.7. The Kier molecular flexibility index (Phi) is 8.64. The van der Waals surface area contributed by atoms with Crippen LogP contribution in [0, 0.1) is 18.8 Å². The van der Waals surface area contributed by atoms with Gasteiger partial charge in [0.25, 0.3) is 0 Å². The van der Waals surface area contributed by atoms with E-state index in [1.165, 1.54) is 72.0 Å². The Labute approximate surface area is 352 Å². The minimum absolute atomic E-state index is 0.0361. The van der Waals surface area contributed by atoms with Gasteiger partial charge < -0.3 is 4.90 Å². The molecule has 5 aliphatic rings. The quantitative estimate of drug-likeness (QED) is 0.174. The van der Waals surface area contributed by atoms with Crippen LogP contribution in [0.15, 0.2) is 179 Å². The van der Waals surface area contributed by atoms with Crippen LogP contribution in [-0.4, -0.2) is 28.7 Å². The van der Waals surface area contributed by atoms with Crippen LogP contribution in [0.3, 0.4) is 0 Å². The molecular formula is C55H47N3S. The maximum Gasteiger partial charge on any atom is 0.137 e. The van der Waals surface area contributed by atoms with E-state index in [1.807, 2.05) is 11.8 Å². The van der Waals surface area contributed by atoms with Gasteiger partial charge in [-0.3, -0.25) is 4.99 Å². The summed E-state index contributed by atoms with van der Waals surface area (Å²) in [5.74, 6) is 1.82. The maximum absolute atomic E-state index is 5.82. The molecule has 0 amide bonds. The maximum atomic E-state index is 5.82. The fraction of sp³-hybridized carbons (Fsp3) is 0.200. The summed E-state index contributed by atoms with van der Waals surface area (Å²) in [5, 5.41) is 2.87. The smallest absolute Gasteiger partial charge is 0.137 e. The Morgan fingerprint density at radius 1 is 0.729 bits per heavy atom. The van der Waals surface area contributed by atoms with Gasteiger partial charge in [0.2, 0.25) is 0 Å². The largest absolute Gasteiger partial charge is 0.349 e. The molecule has 6 aromatic rings. The zero-order valence-electron chi connectivity index (χ0n) is 34.1. The number of hydrogen-bond donors (Lipinski definition) is 0. The van der Waals surface area contributed by atoms with E-state index in [-0.39, 0.29) is 16.7 Å². The number of aryl methyl sites for hydroxylation is 1. The Hall–Kier alpha value is -5.97. The third kappa shape index (κ3) is 5.71. The monoisotopic (exact) mass is 781 g/mol. The van der Waals surface area contributed by atoms with Crippen molar-refractivity contribution in [3.8, 4) is 11.1 Å². The zero-order valence-corrected chi connectivity index (χ0v) is 34.9. The second kappa shape index (κ2) is 14.1. The van der Waals surface area contributed by atoms with Gasteiger partial charge in [-0.2, -0.15) is 0 Å². The summed E-state index contributed by atoms with van der Waals surface area (Å²) in [7, 11) is 2.18. The van der Waals surface area contributed by atoms with Crippen LogP contribution in [0.5, 0.6) is 0 Å². The molecular weight excluding hydrogens is 735 g/mol. The number of benzene rings is 6. The minimum Gasteiger partial charge on any atom is -0.349 e. The number of hydrogen-bond acceptors (Lipinski definition) is 4. The van der Waals surface area contributed by atoms with Gasteiger partial charge >= 0.3 is 0 Å². The summed E-state index contributed by atoms with van der Waals surface area (Å²) in [6.07, 6.45) is 9.39. The van der Waals surface area contributed by atoms with E-state index in [2.05, 4.69) is 197 Å². The molecule has 0 spiro atoms. The fourth-order valence-electron chi connectivity index (χ4n) is 10.7. The lowest BCUT2D eigenvalue weighted by Gasteiger charge is -2.42. The molecule has 11 rings (SSSR count). The lowest BCUT2D eigenvalue weighted by Crippen LogP contribution is -2.47. The van der Waals surface area contributed by atoms with Crippen LogP contribution >= 0.6 is 11.8 Å². The number of fused-ring (bicyclic) bond motifs is 7. The number of likely N-dealkylation sites (N-methyl/N-ethyl adjacent to an activating group) is 1. The van der Waals surface area contributed by atoms with Gasteiger partial charge in [0.05, 0.1) is 28.4 Å². The molecule has 0 saturated heterocycles. The van der Waals surface area contributed by atoms with Crippen LogP contribution in [-0.2, 0) is 5.41 Å². The van der Waals surface area contributed by atoms with E-state index in [0.29, 0.717) is 11.8 Å². The van der Waals surface area contributed by atoms with E-state index in [9.17, 15) is 0 Å². The fourth-order valence-corrected chi connectivity index (χ4v) is 12.3. The first-order chi connectivity index (χ1) is 28.9. The van der Waals surface area contributed by atoms with Crippen molar-refractivity contribution in [2.45, 2.75) is 55.2 Å². The number of rotatable bonds is 5. The van der Waals surface area contributed by atoms with Gasteiger partial charge in [-0.15, -0.1) is 11.8 Å². The van der Waals surface area contributed by atoms with Crippen LogP contribution < -0.4 is 10.4 Å². The Bertz CT molecular complexity index is 2940. The Balaban J connectivity index is 1.09. The number of allylic oxidation sites excluding steroid dienone is 2. The topological polar surface area (TPSA) is 28.0 Å². The number of aliphatic imine (C=N–C) groups is 2. The van der Waals surface area contributed by atoms with Gasteiger partial charge in [-0.25, -0.2) is 4.99 Å². The number of thioether (sulfide) groups is 1. The average Bonchev–Trinajstić information content (AvgIpc) is 3.60. The molecule has 5 atom stereocenters. The average molecular weight is 782 g/mol. The van der Waals surface area contributed by atoms with Crippen molar-refractivity contribution in [3.63, 3.8) is 0 Å². The zero-order chi connectivity index (χ0) is 39.8. The lowest BCUT2D eigenvalue weighted by atomic mass is 9.64. The predicted octanol–water partition coefficient (Wildman–Crippen LogP) is 11.6. The van der Waals surface area contributed by atoms with E-state index < -0.39 is 0 Å². The van der Waals surface area contributed by atoms with E-state index in [4.69, 9.17) is 9.98 Å². The van der Waals surface area contributed by atoms with Crippen LogP contribution in [0.4, 0.5) is 5.69 Å². The lowest BCUT2D eigenvalue weighted by molar-refractivity contribution is 0.435. The highest BCUT2D eigenvalue weighted by Crippen LogP contribution is 2.60. The SMILES string of the molecule is Cc1ccc(C2C=C(c3ccccc3)N=C(c3cccc(-c4cccc5c4C4(C)c6ccccc6SC4C(C4=c6ccccc6=C6C=CCCC6C4C)=N5)c3)N2C)cc1. The summed E-state index contributed by atoms with van der Waals surface area (Å²) in [5.41, 5.74) is 15.8. The second-order valence-electron chi connectivity index (χ2n) is 17.1. The van der Waals surface area contributed by atoms with Crippen molar-refractivity contribution in [1.82, 2.24) is 4.90 Å². The molecule has 0 radical (unpaired) electrons. The molecule has 6 aromatic carbocycles. The molecule has 5 unspecified atom stereocenters. The summed E-state index contributed by atoms with van der Waals surface area (Å²) in [6, 6.07) is 53.7. The Morgan fingerprint density at radius 3 is 2.31 bits per heavy atom. The molecule has 4 heteroatoms. The van der Waals surface area contributed by atoms with E-state index >= 15 is 0 Å². The first-order valence-corrected chi connectivity index (χ1v) is 22.0. The first kappa shape index (κ1) is 36.1. The molecule has 2 aliphatic carbocycles. The third-order valence-corrected chi connectivity index (χ3v) is 15.2. The van der Waals surface area contributed by atoms with Gasteiger partial charge in [0.15, 0.2) is 0 Å². The van der Waals surface area contributed by atoms with Gasteiger partial charge in [-0.05, 0) is 118 Å². The highest BCUT2D eigenvalue weighted by atomic mass is 32.2. The number of amidine groups is 1. The molecule has 288 valence electrons. The molecule has 0 saturated carbocycles. The highest BCUT2D eigenvalue weighted by molar-refractivity contribution is 8.01. The molecule has 0 bridgehead atoms. The summed E-state index contributed by atoms with van der Waals surface area (Å²) < 4.78 is 0. The van der Waals surface area contributed by atoms with Crippen molar-refractivity contribution in [2.24, 2.45) is 21.8 Å². The van der Waals surface area contributed by atoms with Gasteiger partial charge in [0, 0.05) is 22.9 Å². The van der Waals surface area contributed by atoms with Crippen molar-refractivity contribution in [1.29, 1.82) is 0 Å². The van der Waals surface area contributed by atoms with Crippen LogP contribution in [0.1, 0.15) is 66.1 Å². The van der Waals surface area contributed by atoms with Crippen LogP contribution in [0.25, 0.3) is 28.0 Å². The predicted molar refractivity (Wildman–Crippen MR) is 248 cm³/mol.